The maximum absolute atomic E-state index is 3.97. The molecule has 0 saturated heterocycles. The van der Waals surface area contributed by atoms with E-state index in [2.05, 4.69) is 91.9 Å². The van der Waals surface area contributed by atoms with E-state index in [1.807, 2.05) is 0 Å². The second-order valence-electron chi connectivity index (χ2n) is 7.82. The van der Waals surface area contributed by atoms with Crippen molar-refractivity contribution in [2.24, 2.45) is 0 Å². The van der Waals surface area contributed by atoms with Gasteiger partial charge in [-0.25, -0.2) is 0 Å². The second-order valence-corrected chi connectivity index (χ2v) is 7.82. The van der Waals surface area contributed by atoms with E-state index in [0.717, 1.165) is 6.42 Å². The Bertz CT molecular complexity index is 964. The van der Waals surface area contributed by atoms with Crippen LogP contribution in [0.25, 0.3) is 21.5 Å². The predicted molar refractivity (Wildman–Crippen MR) is 123 cm³/mol. The molecule has 0 fully saturated rings. The molecule has 0 aliphatic heterocycles. The van der Waals surface area contributed by atoms with Crippen molar-refractivity contribution in [1.29, 1.82) is 0 Å². The van der Waals surface area contributed by atoms with E-state index in [0.29, 0.717) is 5.92 Å². The first-order chi connectivity index (χ1) is 13.8. The Morgan fingerprint density at radius 2 is 1.04 bits per heavy atom. The Labute approximate surface area is 169 Å². The lowest BCUT2D eigenvalue weighted by molar-refractivity contribution is 0.587. The van der Waals surface area contributed by atoms with Gasteiger partial charge in [0.15, 0.2) is 0 Å². The summed E-state index contributed by atoms with van der Waals surface area (Å²) in [5.41, 5.74) is 2.87. The first-order valence-electron chi connectivity index (χ1n) is 10.6. The smallest absolute Gasteiger partial charge is 0.00897 e. The minimum absolute atomic E-state index is 0.453. The summed E-state index contributed by atoms with van der Waals surface area (Å²) < 4.78 is 0. The fourth-order valence-corrected chi connectivity index (χ4v) is 4.25. The van der Waals surface area contributed by atoms with E-state index in [-0.39, 0.29) is 0 Å². The summed E-state index contributed by atoms with van der Waals surface area (Å²) in [5.74, 6) is 0.453. The number of hydrogen-bond donors (Lipinski definition) is 0. The Morgan fingerprint density at radius 3 is 1.57 bits per heavy atom. The van der Waals surface area contributed by atoms with E-state index in [4.69, 9.17) is 0 Å². The maximum Gasteiger partial charge on any atom is 0.00897 e. The van der Waals surface area contributed by atoms with Crippen molar-refractivity contribution in [3.05, 3.63) is 103 Å². The Morgan fingerprint density at radius 1 is 0.536 bits per heavy atom. The van der Waals surface area contributed by atoms with E-state index in [1.165, 1.54) is 64.8 Å². The molecule has 0 amide bonds. The average Bonchev–Trinajstić information content (AvgIpc) is 2.75. The molecule has 0 spiro atoms. The van der Waals surface area contributed by atoms with Crippen LogP contribution in [-0.2, 0) is 0 Å². The molecule has 1 radical (unpaired) electrons. The van der Waals surface area contributed by atoms with Gasteiger partial charge in [0, 0.05) is 5.92 Å². The molecule has 141 valence electrons. The zero-order chi connectivity index (χ0) is 19.2. The van der Waals surface area contributed by atoms with Gasteiger partial charge >= 0.3 is 0 Å². The lowest BCUT2D eigenvalue weighted by Gasteiger charge is -2.19. The van der Waals surface area contributed by atoms with Gasteiger partial charge in [-0.3, -0.25) is 0 Å². The largest absolute Gasteiger partial charge is 0.0616 e. The molecular weight excluding hydrogens is 336 g/mol. The predicted octanol–water partition coefficient (Wildman–Crippen LogP) is 8.30. The minimum atomic E-state index is 0.453. The molecule has 28 heavy (non-hydrogen) atoms. The molecule has 0 saturated carbocycles. The van der Waals surface area contributed by atoms with Gasteiger partial charge in [-0.2, -0.15) is 0 Å². The summed E-state index contributed by atoms with van der Waals surface area (Å²) in [6.07, 6.45) is 7.37. The standard InChI is InChI=1S/C28H29/c1-2-3-4-5-6-15-28(26-18-16-22-11-7-9-13-24(22)20-26)27-19-17-23-12-8-10-14-25(23)21-27/h7-14,16-21,28H,1-6,15H2. The van der Waals surface area contributed by atoms with Crippen LogP contribution in [0, 0.1) is 6.92 Å². The molecular formula is C28H29. The van der Waals surface area contributed by atoms with Crippen molar-refractivity contribution in [2.75, 3.05) is 0 Å². The lowest BCUT2D eigenvalue weighted by Crippen LogP contribution is -2.02. The van der Waals surface area contributed by atoms with Gasteiger partial charge in [0.2, 0.25) is 0 Å². The molecule has 0 bridgehead atoms. The number of rotatable bonds is 8. The van der Waals surface area contributed by atoms with Crippen LogP contribution in [0.4, 0.5) is 0 Å². The van der Waals surface area contributed by atoms with Crippen molar-refractivity contribution in [1.82, 2.24) is 0 Å². The zero-order valence-electron chi connectivity index (χ0n) is 16.6. The van der Waals surface area contributed by atoms with Crippen LogP contribution in [0.2, 0.25) is 0 Å². The highest BCUT2D eigenvalue weighted by atomic mass is 14.2. The molecule has 0 aromatic heterocycles. The van der Waals surface area contributed by atoms with Crippen LogP contribution in [-0.4, -0.2) is 0 Å². The van der Waals surface area contributed by atoms with Gasteiger partial charge in [-0.15, -0.1) is 0 Å². The van der Waals surface area contributed by atoms with E-state index < -0.39 is 0 Å². The summed E-state index contributed by atoms with van der Waals surface area (Å²) in [7, 11) is 0. The van der Waals surface area contributed by atoms with Crippen molar-refractivity contribution in [2.45, 2.75) is 44.4 Å². The summed E-state index contributed by atoms with van der Waals surface area (Å²) >= 11 is 0. The SMILES string of the molecule is [CH2]CCCCCCC(c1ccc2ccccc2c1)c1ccc2ccccc2c1. The van der Waals surface area contributed by atoms with Crippen LogP contribution in [0.1, 0.15) is 55.6 Å². The molecule has 0 unspecified atom stereocenters. The van der Waals surface area contributed by atoms with Crippen LogP contribution in [0.15, 0.2) is 84.9 Å². The monoisotopic (exact) mass is 365 g/mol. The van der Waals surface area contributed by atoms with Crippen molar-refractivity contribution >= 4 is 21.5 Å². The highest BCUT2D eigenvalue weighted by Crippen LogP contribution is 2.33. The summed E-state index contributed by atoms with van der Waals surface area (Å²) in [5, 5.41) is 5.31. The van der Waals surface area contributed by atoms with Gasteiger partial charge in [0.1, 0.15) is 0 Å². The molecule has 4 aromatic rings. The Hall–Kier alpha value is -2.60. The Balaban J connectivity index is 1.67. The molecule has 0 heteroatoms. The van der Waals surface area contributed by atoms with Gasteiger partial charge in [-0.05, 0) is 39.1 Å². The quantitative estimate of drug-likeness (QED) is 0.275. The highest BCUT2D eigenvalue weighted by Gasteiger charge is 2.15. The molecule has 0 heterocycles. The molecule has 0 nitrogen and oxygen atoms in total. The minimum Gasteiger partial charge on any atom is -0.0616 e. The Kier molecular flexibility index (Phi) is 6.07. The average molecular weight is 366 g/mol. The lowest BCUT2D eigenvalue weighted by atomic mass is 9.85. The van der Waals surface area contributed by atoms with E-state index in [9.17, 15) is 0 Å². The van der Waals surface area contributed by atoms with E-state index >= 15 is 0 Å². The highest BCUT2D eigenvalue weighted by molar-refractivity contribution is 5.84. The first-order valence-corrected chi connectivity index (χ1v) is 10.6. The summed E-state index contributed by atoms with van der Waals surface area (Å²) in [4.78, 5) is 0. The van der Waals surface area contributed by atoms with Crippen LogP contribution in [0.5, 0.6) is 0 Å². The maximum atomic E-state index is 3.97. The first kappa shape index (κ1) is 18.7. The van der Waals surface area contributed by atoms with Gasteiger partial charge in [-0.1, -0.05) is 124 Å². The van der Waals surface area contributed by atoms with Crippen LogP contribution in [0.3, 0.4) is 0 Å². The molecule has 0 N–H and O–H groups in total. The van der Waals surface area contributed by atoms with Crippen molar-refractivity contribution in [3.8, 4) is 0 Å². The van der Waals surface area contributed by atoms with Gasteiger partial charge < -0.3 is 0 Å². The third-order valence-corrected chi connectivity index (χ3v) is 5.84. The number of fused-ring (bicyclic) bond motifs is 2. The van der Waals surface area contributed by atoms with Gasteiger partial charge in [0.25, 0.3) is 0 Å². The van der Waals surface area contributed by atoms with E-state index in [1.54, 1.807) is 0 Å². The fourth-order valence-electron chi connectivity index (χ4n) is 4.25. The normalized spacial score (nSPS) is 11.5. The van der Waals surface area contributed by atoms with Gasteiger partial charge in [0.05, 0.1) is 0 Å². The topological polar surface area (TPSA) is 0 Å². The van der Waals surface area contributed by atoms with Crippen molar-refractivity contribution in [3.63, 3.8) is 0 Å². The number of benzene rings is 4. The molecule has 0 aliphatic rings. The number of hydrogen-bond acceptors (Lipinski definition) is 0. The van der Waals surface area contributed by atoms with Crippen LogP contribution < -0.4 is 0 Å². The third-order valence-electron chi connectivity index (χ3n) is 5.84. The third kappa shape index (κ3) is 4.28. The molecule has 0 aliphatic carbocycles. The molecule has 4 rings (SSSR count). The fraction of sp³-hybridized carbons (Fsp3) is 0.250. The van der Waals surface area contributed by atoms with Crippen molar-refractivity contribution < 1.29 is 0 Å². The molecule has 4 aromatic carbocycles. The van der Waals surface area contributed by atoms with Crippen LogP contribution >= 0.6 is 0 Å². The molecule has 0 atom stereocenters. The summed E-state index contributed by atoms with van der Waals surface area (Å²) in [6.45, 7) is 3.97. The zero-order valence-corrected chi connectivity index (χ0v) is 16.6. The summed E-state index contributed by atoms with van der Waals surface area (Å²) in [6, 6.07) is 31.4. The number of unbranched alkanes of at least 4 members (excludes halogenated alkanes) is 4. The second kappa shape index (κ2) is 9.06.